The van der Waals surface area contributed by atoms with Gasteiger partial charge in [-0.1, -0.05) is 50.2 Å². The maximum absolute atomic E-state index is 11.1. The Morgan fingerprint density at radius 3 is 2.50 bits per heavy atom. The smallest absolute Gasteiger partial charge is 0.343 e. The highest BCUT2D eigenvalue weighted by molar-refractivity contribution is 5.84. The van der Waals surface area contributed by atoms with Gasteiger partial charge in [0.2, 0.25) is 0 Å². The van der Waals surface area contributed by atoms with E-state index >= 15 is 0 Å². The van der Waals surface area contributed by atoms with Gasteiger partial charge in [-0.2, -0.15) is 0 Å². The number of nitrogens with one attached hydrogen (secondary N) is 1. The number of nitrogens with zero attached hydrogens (tertiary/aromatic N) is 2. The van der Waals surface area contributed by atoms with Crippen LogP contribution in [0.25, 0.3) is 22.3 Å². The van der Waals surface area contributed by atoms with Crippen molar-refractivity contribution >= 4 is 10.9 Å². The van der Waals surface area contributed by atoms with E-state index in [9.17, 15) is 4.79 Å². The van der Waals surface area contributed by atoms with E-state index in [0.29, 0.717) is 5.82 Å². The van der Waals surface area contributed by atoms with Crippen molar-refractivity contribution in [3.63, 3.8) is 0 Å². The van der Waals surface area contributed by atoms with E-state index in [4.69, 9.17) is 0 Å². The molecule has 26 heavy (non-hydrogen) atoms. The topological polar surface area (TPSA) is 63.8 Å². The number of fused-ring (bicyclic) bond motifs is 1. The van der Waals surface area contributed by atoms with Crippen molar-refractivity contribution in [1.82, 2.24) is 14.7 Å². The SMILES string of the molecule is CC(C)(C)c1ccc(Cn2ccc3cc(-c4noc(=O)[nH]4)ccc32)cc1. The summed E-state index contributed by atoms with van der Waals surface area (Å²) in [4.78, 5) is 13.7. The van der Waals surface area contributed by atoms with Gasteiger partial charge in [-0.05, 0) is 40.8 Å². The molecule has 0 amide bonds. The lowest BCUT2D eigenvalue weighted by Gasteiger charge is -2.19. The zero-order chi connectivity index (χ0) is 18.3. The third-order valence-electron chi connectivity index (χ3n) is 4.66. The summed E-state index contributed by atoms with van der Waals surface area (Å²) in [5, 5.41) is 4.84. The van der Waals surface area contributed by atoms with Crippen LogP contribution in [0.2, 0.25) is 0 Å². The predicted molar refractivity (Wildman–Crippen MR) is 102 cm³/mol. The van der Waals surface area contributed by atoms with Crippen LogP contribution in [-0.2, 0) is 12.0 Å². The zero-order valence-electron chi connectivity index (χ0n) is 15.1. The first-order chi connectivity index (χ1) is 12.4. The van der Waals surface area contributed by atoms with Crippen LogP contribution in [-0.4, -0.2) is 14.7 Å². The van der Waals surface area contributed by atoms with Crippen LogP contribution in [0.5, 0.6) is 0 Å². The fraction of sp³-hybridized carbons (Fsp3) is 0.238. The lowest BCUT2D eigenvalue weighted by molar-refractivity contribution is 0.388. The molecular formula is C21H21N3O2. The van der Waals surface area contributed by atoms with E-state index in [2.05, 4.69) is 76.5 Å². The standard InChI is InChI=1S/C21H21N3O2/c1-21(2,3)17-7-4-14(5-8-17)13-24-11-10-15-12-16(6-9-18(15)24)19-22-20(25)26-23-19/h4-12H,13H2,1-3H3,(H,22,23,25). The van der Waals surface area contributed by atoms with E-state index in [-0.39, 0.29) is 5.41 Å². The summed E-state index contributed by atoms with van der Waals surface area (Å²) in [7, 11) is 0. The Morgan fingerprint density at radius 1 is 1.08 bits per heavy atom. The maximum Gasteiger partial charge on any atom is 0.439 e. The fourth-order valence-corrected chi connectivity index (χ4v) is 3.15. The highest BCUT2D eigenvalue weighted by Crippen LogP contribution is 2.25. The number of hydrogen-bond donors (Lipinski definition) is 1. The normalized spacial score (nSPS) is 12.0. The molecule has 5 nitrogen and oxygen atoms in total. The first-order valence-electron chi connectivity index (χ1n) is 8.65. The molecule has 0 saturated carbocycles. The average Bonchev–Trinajstić information content (AvgIpc) is 3.21. The van der Waals surface area contributed by atoms with Crippen molar-refractivity contribution in [2.45, 2.75) is 32.7 Å². The molecule has 2 heterocycles. The number of hydrogen-bond acceptors (Lipinski definition) is 3. The molecule has 0 atom stereocenters. The highest BCUT2D eigenvalue weighted by atomic mass is 16.5. The van der Waals surface area contributed by atoms with Gasteiger partial charge in [0.15, 0.2) is 5.82 Å². The third kappa shape index (κ3) is 3.08. The fourth-order valence-electron chi connectivity index (χ4n) is 3.15. The Bertz CT molecular complexity index is 1110. The molecule has 4 aromatic rings. The molecule has 1 N–H and O–H groups in total. The summed E-state index contributed by atoms with van der Waals surface area (Å²) in [6.07, 6.45) is 2.08. The summed E-state index contributed by atoms with van der Waals surface area (Å²) in [6.45, 7) is 7.48. The van der Waals surface area contributed by atoms with Crippen molar-refractivity contribution in [3.8, 4) is 11.4 Å². The van der Waals surface area contributed by atoms with Crippen molar-refractivity contribution < 1.29 is 4.52 Å². The van der Waals surface area contributed by atoms with Gasteiger partial charge in [0.1, 0.15) is 0 Å². The first-order valence-corrected chi connectivity index (χ1v) is 8.65. The molecule has 2 aromatic carbocycles. The van der Waals surface area contributed by atoms with Crippen LogP contribution in [0.3, 0.4) is 0 Å². The lowest BCUT2D eigenvalue weighted by atomic mass is 9.87. The van der Waals surface area contributed by atoms with Gasteiger partial charge in [0.25, 0.3) is 0 Å². The maximum atomic E-state index is 11.1. The number of benzene rings is 2. The Labute approximate surface area is 151 Å². The predicted octanol–water partition coefficient (Wildman–Crippen LogP) is 4.33. The monoisotopic (exact) mass is 347 g/mol. The minimum absolute atomic E-state index is 0.164. The van der Waals surface area contributed by atoms with E-state index < -0.39 is 5.76 Å². The summed E-state index contributed by atoms with van der Waals surface area (Å²) >= 11 is 0. The molecule has 5 heteroatoms. The number of rotatable bonds is 3. The van der Waals surface area contributed by atoms with Crippen LogP contribution in [0.15, 0.2) is 64.0 Å². The van der Waals surface area contributed by atoms with Crippen LogP contribution in [0.4, 0.5) is 0 Å². The van der Waals surface area contributed by atoms with Gasteiger partial charge in [-0.15, -0.1) is 0 Å². The van der Waals surface area contributed by atoms with Gasteiger partial charge in [0, 0.05) is 29.2 Å². The summed E-state index contributed by atoms with van der Waals surface area (Å²) in [6, 6.07) is 16.9. The van der Waals surface area contributed by atoms with E-state index in [1.54, 1.807) is 0 Å². The molecule has 4 rings (SSSR count). The van der Waals surface area contributed by atoms with Crippen molar-refractivity contribution in [3.05, 3.63) is 76.4 Å². The van der Waals surface area contributed by atoms with Gasteiger partial charge in [0.05, 0.1) is 0 Å². The van der Waals surface area contributed by atoms with Crippen molar-refractivity contribution in [2.75, 3.05) is 0 Å². The Balaban J connectivity index is 1.62. The minimum atomic E-state index is -0.545. The zero-order valence-corrected chi connectivity index (χ0v) is 15.1. The molecule has 2 aromatic heterocycles. The molecule has 0 unspecified atom stereocenters. The first kappa shape index (κ1) is 16.4. The quantitative estimate of drug-likeness (QED) is 0.600. The van der Waals surface area contributed by atoms with Crippen molar-refractivity contribution in [2.24, 2.45) is 0 Å². The summed E-state index contributed by atoms with van der Waals surface area (Å²) in [5.74, 6) is -0.0983. The molecule has 132 valence electrons. The minimum Gasteiger partial charge on any atom is -0.343 e. The largest absolute Gasteiger partial charge is 0.439 e. The van der Waals surface area contributed by atoms with E-state index in [1.165, 1.54) is 11.1 Å². The molecule has 0 aliphatic heterocycles. The lowest BCUT2D eigenvalue weighted by Crippen LogP contribution is -2.10. The van der Waals surface area contributed by atoms with Gasteiger partial charge in [-0.3, -0.25) is 9.51 Å². The number of aromatic nitrogens is 3. The Hall–Kier alpha value is -3.08. The molecule has 0 aliphatic rings. The van der Waals surface area contributed by atoms with Gasteiger partial charge >= 0.3 is 5.76 Å². The molecule has 0 aliphatic carbocycles. The van der Waals surface area contributed by atoms with Crippen LogP contribution < -0.4 is 5.76 Å². The van der Waals surface area contributed by atoms with Crippen LogP contribution >= 0.6 is 0 Å². The number of aromatic amines is 1. The van der Waals surface area contributed by atoms with E-state index in [1.807, 2.05) is 18.2 Å². The Morgan fingerprint density at radius 2 is 1.85 bits per heavy atom. The summed E-state index contributed by atoms with van der Waals surface area (Å²) in [5.41, 5.74) is 4.73. The summed E-state index contributed by atoms with van der Waals surface area (Å²) < 4.78 is 6.80. The van der Waals surface area contributed by atoms with Gasteiger partial charge < -0.3 is 4.57 Å². The second-order valence-electron chi connectivity index (χ2n) is 7.61. The average molecular weight is 347 g/mol. The van der Waals surface area contributed by atoms with E-state index in [0.717, 1.165) is 23.0 Å². The van der Waals surface area contributed by atoms with Crippen molar-refractivity contribution in [1.29, 1.82) is 0 Å². The molecule has 0 radical (unpaired) electrons. The third-order valence-corrected chi connectivity index (χ3v) is 4.66. The van der Waals surface area contributed by atoms with Gasteiger partial charge in [-0.25, -0.2) is 4.79 Å². The number of H-pyrrole nitrogens is 1. The van der Waals surface area contributed by atoms with Crippen LogP contribution in [0.1, 0.15) is 31.9 Å². The molecule has 0 saturated heterocycles. The second kappa shape index (κ2) is 6.02. The molecular weight excluding hydrogens is 326 g/mol. The van der Waals surface area contributed by atoms with Crippen LogP contribution in [0, 0.1) is 0 Å². The molecule has 0 bridgehead atoms. The highest BCUT2D eigenvalue weighted by Gasteiger charge is 2.13. The Kier molecular flexibility index (Phi) is 3.80. The molecule has 0 fully saturated rings. The molecule has 0 spiro atoms. The second-order valence-corrected chi connectivity index (χ2v) is 7.61.